The molecule has 1 atom stereocenters. The molecule has 1 nitrogen and oxygen atoms in total. The molecule has 0 N–H and O–H groups in total. The highest BCUT2D eigenvalue weighted by Crippen LogP contribution is 2.27. The fourth-order valence-corrected chi connectivity index (χ4v) is 2.05. The Bertz CT molecular complexity index is 314. The van der Waals surface area contributed by atoms with Crippen LogP contribution in [-0.2, 0) is 4.79 Å². The normalized spacial score (nSPS) is 12.5. The number of hydrogen-bond acceptors (Lipinski definition) is 1. The van der Waals surface area contributed by atoms with Gasteiger partial charge in [0.2, 0.25) is 0 Å². The van der Waals surface area contributed by atoms with E-state index >= 15 is 0 Å². The quantitative estimate of drug-likeness (QED) is 0.610. The number of carbonyl (C=O) groups excluding carboxylic acids is 1. The minimum atomic E-state index is -0.204. The van der Waals surface area contributed by atoms with E-state index < -0.39 is 0 Å². The predicted molar refractivity (Wildman–Crippen MR) is 59.1 cm³/mol. The van der Waals surface area contributed by atoms with E-state index in [0.29, 0.717) is 15.4 Å². The number of alkyl halides is 1. The van der Waals surface area contributed by atoms with Gasteiger partial charge in [0, 0.05) is 15.4 Å². The monoisotopic (exact) mass is 280 g/mol. The highest BCUT2D eigenvalue weighted by atomic mass is 79.9. The molecule has 13 heavy (non-hydrogen) atoms. The smallest absolute Gasteiger partial charge is 0.128 e. The van der Waals surface area contributed by atoms with Crippen LogP contribution in [0.3, 0.4) is 0 Å². The number of benzene rings is 1. The van der Waals surface area contributed by atoms with Crippen LogP contribution in [-0.4, -0.2) is 11.6 Å². The van der Waals surface area contributed by atoms with Crippen LogP contribution in [0.15, 0.2) is 18.2 Å². The van der Waals surface area contributed by atoms with Gasteiger partial charge in [-0.15, -0.1) is 0 Å². The highest BCUT2D eigenvalue weighted by Gasteiger charge is 2.12. The van der Waals surface area contributed by atoms with Gasteiger partial charge in [0.1, 0.15) is 6.29 Å². The van der Waals surface area contributed by atoms with E-state index in [1.807, 2.05) is 0 Å². The Morgan fingerprint density at radius 1 is 1.46 bits per heavy atom. The molecule has 0 heterocycles. The van der Waals surface area contributed by atoms with E-state index in [0.717, 1.165) is 11.8 Å². The Hall–Kier alpha value is -0.0500. The average molecular weight is 282 g/mol. The lowest BCUT2D eigenvalue weighted by Gasteiger charge is -2.08. The van der Waals surface area contributed by atoms with Crippen LogP contribution in [0.1, 0.15) is 11.5 Å². The molecule has 0 saturated carbocycles. The van der Waals surface area contributed by atoms with Gasteiger partial charge >= 0.3 is 0 Å². The van der Waals surface area contributed by atoms with Crippen LogP contribution < -0.4 is 0 Å². The van der Waals surface area contributed by atoms with Crippen molar-refractivity contribution in [2.45, 2.75) is 5.92 Å². The molecule has 0 radical (unpaired) electrons. The van der Waals surface area contributed by atoms with E-state index in [9.17, 15) is 4.79 Å². The number of aldehydes is 1. The first-order chi connectivity index (χ1) is 6.19. The van der Waals surface area contributed by atoms with Gasteiger partial charge in [-0.25, -0.2) is 0 Å². The van der Waals surface area contributed by atoms with Gasteiger partial charge in [-0.1, -0.05) is 45.2 Å². The fraction of sp³-hybridized carbons (Fsp3) is 0.222. The molecule has 1 rings (SSSR count). The largest absolute Gasteiger partial charge is 0.303 e. The maximum Gasteiger partial charge on any atom is 0.128 e. The van der Waals surface area contributed by atoms with Crippen molar-refractivity contribution in [2.75, 3.05) is 5.33 Å². The summed E-state index contributed by atoms with van der Waals surface area (Å²) in [4.78, 5) is 10.7. The van der Waals surface area contributed by atoms with Gasteiger partial charge in [-0.3, -0.25) is 0 Å². The summed E-state index contributed by atoms with van der Waals surface area (Å²) in [5.41, 5.74) is 0.804. The maximum absolute atomic E-state index is 10.7. The summed E-state index contributed by atoms with van der Waals surface area (Å²) in [6, 6.07) is 5.13. The highest BCUT2D eigenvalue weighted by molar-refractivity contribution is 9.09. The molecule has 0 aliphatic heterocycles. The molecular formula is C9H7BrCl2O. The van der Waals surface area contributed by atoms with Crippen LogP contribution in [0.2, 0.25) is 10.0 Å². The SMILES string of the molecule is O=CC(CBr)c1ccc(Cl)cc1Cl. The molecule has 0 fully saturated rings. The third-order valence-electron chi connectivity index (χ3n) is 1.69. The standard InChI is InChI=1S/C9H7BrCl2O/c10-4-6(5-13)8-2-1-7(11)3-9(8)12/h1-3,5-6H,4H2. The summed E-state index contributed by atoms with van der Waals surface area (Å²) in [5, 5.41) is 1.68. The third-order valence-corrected chi connectivity index (χ3v) is 2.95. The zero-order valence-electron chi connectivity index (χ0n) is 6.64. The van der Waals surface area contributed by atoms with Crippen molar-refractivity contribution in [1.82, 2.24) is 0 Å². The molecule has 0 aliphatic rings. The Morgan fingerprint density at radius 3 is 2.62 bits per heavy atom. The van der Waals surface area contributed by atoms with Crippen molar-refractivity contribution in [2.24, 2.45) is 0 Å². The van der Waals surface area contributed by atoms with Gasteiger partial charge in [-0.2, -0.15) is 0 Å². The number of halogens is 3. The summed E-state index contributed by atoms with van der Waals surface area (Å²) < 4.78 is 0. The van der Waals surface area contributed by atoms with Gasteiger partial charge < -0.3 is 4.79 Å². The third kappa shape index (κ3) is 2.70. The molecule has 0 saturated heterocycles. The van der Waals surface area contributed by atoms with E-state index in [4.69, 9.17) is 23.2 Å². The Kier molecular flexibility index (Phi) is 4.23. The van der Waals surface area contributed by atoms with E-state index in [-0.39, 0.29) is 5.92 Å². The minimum absolute atomic E-state index is 0.204. The van der Waals surface area contributed by atoms with E-state index in [1.54, 1.807) is 18.2 Å². The van der Waals surface area contributed by atoms with Gasteiger partial charge in [-0.05, 0) is 17.7 Å². The predicted octanol–water partition coefficient (Wildman–Crippen LogP) is 3.67. The van der Waals surface area contributed by atoms with Crippen molar-refractivity contribution < 1.29 is 4.79 Å². The molecule has 0 amide bonds. The van der Waals surface area contributed by atoms with Crippen LogP contribution in [0, 0.1) is 0 Å². The topological polar surface area (TPSA) is 17.1 Å². The number of rotatable bonds is 3. The molecule has 0 spiro atoms. The number of carbonyl (C=O) groups is 1. The molecule has 0 aliphatic carbocycles. The van der Waals surface area contributed by atoms with Crippen LogP contribution >= 0.6 is 39.1 Å². The molecule has 1 unspecified atom stereocenters. The lowest BCUT2D eigenvalue weighted by Crippen LogP contribution is -2.01. The molecule has 1 aromatic rings. The minimum Gasteiger partial charge on any atom is -0.303 e. The second kappa shape index (κ2) is 4.99. The van der Waals surface area contributed by atoms with Crippen LogP contribution in [0.25, 0.3) is 0 Å². The molecule has 0 bridgehead atoms. The van der Waals surface area contributed by atoms with Crippen molar-refractivity contribution >= 4 is 45.4 Å². The lowest BCUT2D eigenvalue weighted by molar-refractivity contribution is -0.108. The van der Waals surface area contributed by atoms with Crippen molar-refractivity contribution in [3.8, 4) is 0 Å². The first-order valence-corrected chi connectivity index (χ1v) is 5.53. The van der Waals surface area contributed by atoms with E-state index in [1.165, 1.54) is 0 Å². The summed E-state index contributed by atoms with van der Waals surface area (Å²) in [7, 11) is 0. The maximum atomic E-state index is 10.7. The van der Waals surface area contributed by atoms with Crippen LogP contribution in [0.4, 0.5) is 0 Å². The zero-order chi connectivity index (χ0) is 9.84. The van der Waals surface area contributed by atoms with Gasteiger partial charge in [0.15, 0.2) is 0 Å². The molecule has 70 valence electrons. The lowest BCUT2D eigenvalue weighted by atomic mass is 10.0. The Morgan fingerprint density at radius 2 is 2.15 bits per heavy atom. The van der Waals surface area contributed by atoms with Gasteiger partial charge in [0.25, 0.3) is 0 Å². The molecule has 1 aromatic carbocycles. The first kappa shape index (κ1) is 11.0. The summed E-state index contributed by atoms with van der Waals surface area (Å²) >= 11 is 14.9. The van der Waals surface area contributed by atoms with Crippen molar-refractivity contribution in [1.29, 1.82) is 0 Å². The second-order valence-corrected chi connectivity index (χ2v) is 4.05. The van der Waals surface area contributed by atoms with Crippen molar-refractivity contribution in [3.63, 3.8) is 0 Å². The summed E-state index contributed by atoms with van der Waals surface area (Å²) in [6.45, 7) is 0. The Balaban J connectivity index is 3.06. The number of hydrogen-bond donors (Lipinski definition) is 0. The van der Waals surface area contributed by atoms with E-state index in [2.05, 4.69) is 15.9 Å². The van der Waals surface area contributed by atoms with Gasteiger partial charge in [0.05, 0.1) is 5.92 Å². The Labute approximate surface area is 95.2 Å². The van der Waals surface area contributed by atoms with Crippen molar-refractivity contribution in [3.05, 3.63) is 33.8 Å². The molecular weight excluding hydrogens is 275 g/mol. The average Bonchev–Trinajstić information content (AvgIpc) is 2.10. The summed E-state index contributed by atoms with van der Waals surface area (Å²) in [6.07, 6.45) is 0.865. The molecule has 4 heteroatoms. The second-order valence-electron chi connectivity index (χ2n) is 2.56. The van der Waals surface area contributed by atoms with Crippen LogP contribution in [0.5, 0.6) is 0 Å². The summed E-state index contributed by atoms with van der Waals surface area (Å²) in [5.74, 6) is -0.204. The first-order valence-electron chi connectivity index (χ1n) is 3.65. The fourth-order valence-electron chi connectivity index (χ4n) is 0.995. The molecule has 0 aromatic heterocycles. The zero-order valence-corrected chi connectivity index (χ0v) is 9.73.